The SMILES string of the molecule is CCC1(CN2CCN(c3cccc(Cl)c3)CC2)CCCN1. The fraction of sp³-hybridized carbons (Fsp3) is 0.647. The van der Waals surface area contributed by atoms with Gasteiger partial charge in [-0.2, -0.15) is 0 Å². The molecule has 3 nitrogen and oxygen atoms in total. The molecule has 0 amide bonds. The number of benzene rings is 1. The highest BCUT2D eigenvalue weighted by molar-refractivity contribution is 6.30. The molecule has 0 aliphatic carbocycles. The summed E-state index contributed by atoms with van der Waals surface area (Å²) in [7, 11) is 0. The number of rotatable bonds is 4. The van der Waals surface area contributed by atoms with Crippen molar-refractivity contribution in [3.63, 3.8) is 0 Å². The monoisotopic (exact) mass is 307 g/mol. The number of nitrogens with one attached hydrogen (secondary N) is 1. The van der Waals surface area contributed by atoms with Crippen LogP contribution in [0.2, 0.25) is 5.02 Å². The molecule has 0 aromatic heterocycles. The third-order valence-electron chi connectivity index (χ3n) is 5.08. The van der Waals surface area contributed by atoms with Crippen molar-refractivity contribution in [2.75, 3.05) is 44.2 Å². The second kappa shape index (κ2) is 6.55. The van der Waals surface area contributed by atoms with E-state index in [9.17, 15) is 0 Å². The molecule has 2 saturated heterocycles. The first-order chi connectivity index (χ1) is 10.2. The molecule has 2 heterocycles. The van der Waals surface area contributed by atoms with Crippen LogP contribution < -0.4 is 10.2 Å². The smallest absolute Gasteiger partial charge is 0.0426 e. The summed E-state index contributed by atoms with van der Waals surface area (Å²) in [5.74, 6) is 0. The van der Waals surface area contributed by atoms with Gasteiger partial charge in [0.25, 0.3) is 0 Å². The van der Waals surface area contributed by atoms with E-state index in [2.05, 4.69) is 34.2 Å². The number of hydrogen-bond acceptors (Lipinski definition) is 3. The standard InChI is InChI=1S/C17H26ClN3/c1-2-17(7-4-8-19-17)14-20-9-11-21(12-10-20)16-6-3-5-15(18)13-16/h3,5-6,13,19H,2,4,7-12,14H2,1H3. The van der Waals surface area contributed by atoms with Crippen molar-refractivity contribution in [1.29, 1.82) is 0 Å². The summed E-state index contributed by atoms with van der Waals surface area (Å²) in [4.78, 5) is 5.08. The highest BCUT2D eigenvalue weighted by Gasteiger charge is 2.34. The van der Waals surface area contributed by atoms with E-state index in [1.165, 1.54) is 38.0 Å². The number of anilines is 1. The van der Waals surface area contributed by atoms with Crippen molar-refractivity contribution in [2.24, 2.45) is 0 Å². The van der Waals surface area contributed by atoms with Gasteiger partial charge in [0, 0.05) is 49.0 Å². The van der Waals surface area contributed by atoms with Crippen LogP contribution in [0.15, 0.2) is 24.3 Å². The van der Waals surface area contributed by atoms with E-state index in [0.717, 1.165) is 31.2 Å². The first-order valence-electron chi connectivity index (χ1n) is 8.19. The minimum atomic E-state index is 0.373. The zero-order chi connectivity index (χ0) is 14.7. The highest BCUT2D eigenvalue weighted by Crippen LogP contribution is 2.26. The lowest BCUT2D eigenvalue weighted by atomic mass is 9.93. The molecule has 1 N–H and O–H groups in total. The molecule has 116 valence electrons. The largest absolute Gasteiger partial charge is 0.369 e. The Kier molecular flexibility index (Phi) is 4.72. The van der Waals surface area contributed by atoms with Gasteiger partial charge in [-0.1, -0.05) is 24.6 Å². The van der Waals surface area contributed by atoms with E-state index >= 15 is 0 Å². The lowest BCUT2D eigenvalue weighted by Crippen LogP contribution is -2.55. The second-order valence-electron chi connectivity index (χ2n) is 6.41. The van der Waals surface area contributed by atoms with Crippen molar-refractivity contribution in [2.45, 2.75) is 31.7 Å². The van der Waals surface area contributed by atoms with Crippen LogP contribution in [0.3, 0.4) is 0 Å². The maximum Gasteiger partial charge on any atom is 0.0426 e. The average Bonchev–Trinajstić information content (AvgIpc) is 2.97. The molecule has 0 bridgehead atoms. The Bertz CT molecular complexity index is 463. The quantitative estimate of drug-likeness (QED) is 0.922. The number of piperazine rings is 1. The summed E-state index contributed by atoms with van der Waals surface area (Å²) >= 11 is 6.10. The zero-order valence-electron chi connectivity index (χ0n) is 12.9. The molecule has 3 rings (SSSR count). The van der Waals surface area contributed by atoms with E-state index in [0.29, 0.717) is 5.54 Å². The summed E-state index contributed by atoms with van der Waals surface area (Å²) in [6.07, 6.45) is 3.90. The minimum absolute atomic E-state index is 0.373. The number of halogens is 1. The highest BCUT2D eigenvalue weighted by atomic mass is 35.5. The van der Waals surface area contributed by atoms with E-state index in [-0.39, 0.29) is 0 Å². The molecule has 1 atom stereocenters. The van der Waals surface area contributed by atoms with Gasteiger partial charge in [0.15, 0.2) is 0 Å². The summed E-state index contributed by atoms with van der Waals surface area (Å²) in [6, 6.07) is 8.22. The Balaban J connectivity index is 1.55. The Labute approximate surface area is 133 Å². The van der Waals surface area contributed by atoms with Crippen molar-refractivity contribution in [1.82, 2.24) is 10.2 Å². The number of nitrogens with zero attached hydrogens (tertiary/aromatic N) is 2. The fourth-order valence-electron chi connectivity index (χ4n) is 3.68. The predicted octanol–water partition coefficient (Wildman–Crippen LogP) is 2.99. The molecular weight excluding hydrogens is 282 g/mol. The normalized spacial score (nSPS) is 27.2. The third kappa shape index (κ3) is 3.53. The molecule has 0 spiro atoms. The minimum Gasteiger partial charge on any atom is -0.369 e. The lowest BCUT2D eigenvalue weighted by Gasteiger charge is -2.41. The first-order valence-corrected chi connectivity index (χ1v) is 8.56. The molecule has 2 aliphatic heterocycles. The molecule has 1 unspecified atom stereocenters. The zero-order valence-corrected chi connectivity index (χ0v) is 13.7. The second-order valence-corrected chi connectivity index (χ2v) is 6.84. The molecule has 2 aliphatic rings. The van der Waals surface area contributed by atoms with Gasteiger partial charge < -0.3 is 10.2 Å². The predicted molar refractivity (Wildman–Crippen MR) is 90.4 cm³/mol. The van der Waals surface area contributed by atoms with Crippen LogP contribution in [-0.4, -0.2) is 49.7 Å². The maximum atomic E-state index is 6.10. The van der Waals surface area contributed by atoms with Crippen LogP contribution in [0.4, 0.5) is 5.69 Å². The Morgan fingerprint density at radius 3 is 2.67 bits per heavy atom. The van der Waals surface area contributed by atoms with Gasteiger partial charge in [-0.05, 0) is 44.0 Å². The Morgan fingerprint density at radius 2 is 2.05 bits per heavy atom. The van der Waals surface area contributed by atoms with Gasteiger partial charge in [0.05, 0.1) is 0 Å². The van der Waals surface area contributed by atoms with Crippen LogP contribution in [-0.2, 0) is 0 Å². The molecule has 2 fully saturated rings. The Hall–Kier alpha value is -0.770. The van der Waals surface area contributed by atoms with Gasteiger partial charge in [-0.25, -0.2) is 0 Å². The van der Waals surface area contributed by atoms with Crippen molar-refractivity contribution in [3.05, 3.63) is 29.3 Å². The van der Waals surface area contributed by atoms with E-state index in [4.69, 9.17) is 11.6 Å². The van der Waals surface area contributed by atoms with Crippen LogP contribution in [0.5, 0.6) is 0 Å². The van der Waals surface area contributed by atoms with Crippen molar-refractivity contribution >= 4 is 17.3 Å². The fourth-order valence-corrected chi connectivity index (χ4v) is 3.87. The third-order valence-corrected chi connectivity index (χ3v) is 5.32. The Morgan fingerprint density at radius 1 is 1.24 bits per heavy atom. The topological polar surface area (TPSA) is 18.5 Å². The van der Waals surface area contributed by atoms with Gasteiger partial charge in [0.1, 0.15) is 0 Å². The first kappa shape index (κ1) is 15.1. The van der Waals surface area contributed by atoms with Crippen molar-refractivity contribution in [3.8, 4) is 0 Å². The van der Waals surface area contributed by atoms with Gasteiger partial charge in [-0.3, -0.25) is 4.90 Å². The average molecular weight is 308 g/mol. The molecule has 0 radical (unpaired) electrons. The van der Waals surface area contributed by atoms with Crippen LogP contribution in [0.1, 0.15) is 26.2 Å². The number of hydrogen-bond donors (Lipinski definition) is 1. The van der Waals surface area contributed by atoms with Crippen LogP contribution in [0, 0.1) is 0 Å². The van der Waals surface area contributed by atoms with Crippen LogP contribution >= 0.6 is 11.6 Å². The molecule has 0 saturated carbocycles. The summed E-state index contributed by atoms with van der Waals surface area (Å²) in [6.45, 7) is 9.20. The van der Waals surface area contributed by atoms with Gasteiger partial charge >= 0.3 is 0 Å². The van der Waals surface area contributed by atoms with Crippen LogP contribution in [0.25, 0.3) is 0 Å². The molecular formula is C17H26ClN3. The molecule has 4 heteroatoms. The van der Waals surface area contributed by atoms with E-state index < -0.39 is 0 Å². The van der Waals surface area contributed by atoms with Gasteiger partial charge in [0.2, 0.25) is 0 Å². The van der Waals surface area contributed by atoms with E-state index in [1.54, 1.807) is 0 Å². The maximum absolute atomic E-state index is 6.10. The summed E-state index contributed by atoms with van der Waals surface area (Å²) in [5.41, 5.74) is 1.63. The van der Waals surface area contributed by atoms with Gasteiger partial charge in [-0.15, -0.1) is 0 Å². The van der Waals surface area contributed by atoms with Crippen molar-refractivity contribution < 1.29 is 0 Å². The lowest BCUT2D eigenvalue weighted by molar-refractivity contribution is 0.179. The molecule has 1 aromatic rings. The summed E-state index contributed by atoms with van der Waals surface area (Å²) < 4.78 is 0. The van der Waals surface area contributed by atoms with E-state index in [1.807, 2.05) is 12.1 Å². The molecule has 1 aromatic carbocycles. The molecule has 21 heavy (non-hydrogen) atoms. The summed E-state index contributed by atoms with van der Waals surface area (Å²) in [5, 5.41) is 4.57.